The lowest BCUT2D eigenvalue weighted by atomic mass is 12.3. The van der Waals surface area contributed by atoms with Gasteiger partial charge in [0.25, 0.3) is 0 Å². The summed E-state index contributed by atoms with van der Waals surface area (Å²) in [4.78, 5) is 0. The molecule has 0 unspecified atom stereocenters. The smallest absolute Gasteiger partial charge is 0 e. The van der Waals surface area contributed by atoms with E-state index in [2.05, 4.69) is 544 Å². The molecule has 104 heavy (non-hydrogen) atoms. The molecule has 0 saturated carbocycles. The summed E-state index contributed by atoms with van der Waals surface area (Å²) in [5.74, 6) is 9.27. The van der Waals surface area contributed by atoms with Crippen molar-refractivity contribution in [3.63, 3.8) is 0 Å². The predicted molar refractivity (Wildman–Crippen MR) is 256 cm³/mol. The second-order valence-electron chi connectivity index (χ2n) is 9.18. The van der Waals surface area contributed by atoms with Gasteiger partial charge in [0.05, 0.1) is 0 Å². The summed E-state index contributed by atoms with van der Waals surface area (Å²) < 4.78 is 0. The van der Waals surface area contributed by atoms with Crippen molar-refractivity contribution in [2.45, 2.75) is 0 Å². The van der Waals surface area contributed by atoms with Gasteiger partial charge in [0, 0.05) is 449 Å². The highest BCUT2D eigenvalue weighted by molar-refractivity contribution is 4.23. The average Bonchev–Trinajstić information content (AvgIpc) is 3.68. The first-order valence-corrected chi connectivity index (χ1v) is 20.7. The Morgan fingerprint density at radius 2 is 0.0769 bits per heavy atom. The largest absolute Gasteiger partial charge is 0.303 e. The minimum atomic E-state index is 2.75. The van der Waals surface area contributed by atoms with Crippen LogP contribution in [0.25, 0.3) is 0 Å². The molecule has 0 aliphatic heterocycles. The van der Waals surface area contributed by atoms with E-state index in [4.69, 9.17) is 0 Å². The molecule has 0 aliphatic carbocycles. The van der Waals surface area contributed by atoms with Crippen LogP contribution in [0.3, 0.4) is 0 Å². The molecule has 4 N–H and O–H groups in total. The molecule has 0 amide bonds. The van der Waals surface area contributed by atoms with Gasteiger partial charge < -0.3 is 11.7 Å². The van der Waals surface area contributed by atoms with E-state index in [1.165, 1.54) is 0 Å². The minimum absolute atomic E-state index is 2.75. The van der Waals surface area contributed by atoms with Crippen LogP contribution in [0.2, 0.25) is 0 Å². The normalized spacial score (nSPS) is 15.7. The fourth-order valence-corrected chi connectivity index (χ4v) is 1.80. The Balaban J connectivity index is 4.12. The summed E-state index contributed by atoms with van der Waals surface area (Å²) in [5.41, 5.74) is 0. The molecule has 524 valence electrons. The maximum absolute atomic E-state index is 4.64. The topological polar surface area (TPSA) is 1310 Å². The van der Waals surface area contributed by atoms with Crippen molar-refractivity contribution in [2.24, 2.45) is 544 Å². The average molecular weight is 1460 g/mol. The fraction of sp³-hybridized carbons (Fsp3) is 0. The van der Waals surface area contributed by atoms with Gasteiger partial charge in [0.15, 0.2) is 0 Å². The lowest BCUT2D eigenvalue weighted by molar-refractivity contribution is 0.723. The summed E-state index contributed by atoms with van der Waals surface area (Å²) >= 11 is 0. The molecule has 0 aromatic heterocycles. The van der Waals surface area contributed by atoms with Crippen LogP contribution in [0.15, 0.2) is 533 Å². The molecular weight excluding hydrogens is 1460 g/mol. The molecule has 0 aromatic carbocycles. The molecule has 0 aromatic rings. The highest BCUT2D eigenvalue weighted by atomic mass is 15.8. The molecule has 0 fully saturated rings. The molecular formula is H4N104. The molecule has 0 radical (unpaired) electrons. The van der Waals surface area contributed by atoms with Crippen LogP contribution < -0.4 is 11.7 Å². The van der Waals surface area contributed by atoms with Gasteiger partial charge in [0.1, 0.15) is 0 Å². The Kier molecular flexibility index (Phi) is 65.8. The van der Waals surface area contributed by atoms with Crippen LogP contribution in [0, 0.1) is 0 Å². The van der Waals surface area contributed by atoms with E-state index in [0.717, 1.165) is 0 Å². The Hall–Kier alpha value is -20.8. The van der Waals surface area contributed by atoms with Gasteiger partial charge in [0.2, 0.25) is 0 Å². The van der Waals surface area contributed by atoms with Crippen LogP contribution in [-0.2, 0) is 0 Å². The molecule has 104 nitrogen and oxygen atoms in total. The molecule has 104 heteroatoms. The number of rotatable bonds is 50. The van der Waals surface area contributed by atoms with E-state index in [1.54, 1.807) is 0 Å². The SMILES string of the molecule is N/N=N/N=N/N=N/N=N/N=N/N=N/N=N/N=N/N=N/N=N/N=N/N=N/N=N/N=N/N=N/N=N/N=N/N=N/N=N/N=N/N=N/N=N/N=N/N=N/N=N/N=N/N=N/N=N/N=N/N=N/N=N/N=N/N=N/N=N/N=N/N=N/N=N/N=N/N=N/N=N/N=N/N=N/N=N/N=N/N=N/N=N/N=N/N=N/N=N/N=N/N=N/N. The maximum atomic E-state index is 4.64. The molecule has 0 rings (SSSR count). The van der Waals surface area contributed by atoms with Crippen molar-refractivity contribution in [3.05, 3.63) is 0 Å². The van der Waals surface area contributed by atoms with E-state index in [0.29, 0.717) is 0 Å². The zero-order chi connectivity index (χ0) is 74.1. The summed E-state index contributed by atoms with van der Waals surface area (Å²) in [6, 6.07) is 0. The molecule has 0 bridgehead atoms. The van der Waals surface area contributed by atoms with Crippen molar-refractivity contribution in [1.82, 2.24) is 0 Å². The van der Waals surface area contributed by atoms with Crippen molar-refractivity contribution in [3.8, 4) is 0 Å². The Morgan fingerprint density at radius 1 is 0.0481 bits per heavy atom. The van der Waals surface area contributed by atoms with Crippen LogP contribution >= 0.6 is 0 Å². The molecule has 0 spiro atoms. The summed E-state index contributed by atoms with van der Waals surface area (Å²) in [6.07, 6.45) is 0. The third-order valence-corrected chi connectivity index (χ3v) is 4.06. The maximum Gasteiger partial charge on any atom is 0 e. The van der Waals surface area contributed by atoms with Gasteiger partial charge in [-0.3, -0.25) is 0 Å². The number of nitrogens with zero attached hydrogens (tertiary/aromatic N) is 102. The van der Waals surface area contributed by atoms with Gasteiger partial charge in [-0.05, 0) is 73.1 Å². The van der Waals surface area contributed by atoms with Crippen LogP contribution in [-0.4, -0.2) is 0 Å². The van der Waals surface area contributed by atoms with Gasteiger partial charge in [-0.15, -0.1) is 0 Å². The summed E-state index contributed by atoms with van der Waals surface area (Å²) in [7, 11) is 0. The van der Waals surface area contributed by atoms with E-state index in [9.17, 15) is 0 Å². The van der Waals surface area contributed by atoms with E-state index in [1.807, 2.05) is 0 Å². The monoisotopic (exact) mass is 1460 g/mol. The minimum Gasteiger partial charge on any atom is -0.303 e. The number of hydrogen-bond donors (Lipinski definition) is 2. The van der Waals surface area contributed by atoms with Crippen molar-refractivity contribution in [2.75, 3.05) is 0 Å². The quantitative estimate of drug-likeness (QED) is 0.0341. The second-order valence-corrected chi connectivity index (χ2v) is 9.18. The van der Waals surface area contributed by atoms with Gasteiger partial charge in [-0.1, -0.05) is 10.4 Å². The molecule has 0 aliphatic rings. The Labute approximate surface area is 544 Å². The van der Waals surface area contributed by atoms with Gasteiger partial charge in [-0.25, -0.2) is 0 Å². The van der Waals surface area contributed by atoms with Crippen molar-refractivity contribution in [1.29, 1.82) is 0 Å². The van der Waals surface area contributed by atoms with Crippen molar-refractivity contribution >= 4 is 0 Å². The third-order valence-electron chi connectivity index (χ3n) is 4.06. The standard InChI is InChI=1S/H4N104/c1-3-5-7-9-11-13-15-17-19-21-23-25-27-29-31-33-35-37-39-41-43-45-47-49-51-53-55-57-59-61-63-65-67-69-71-73-75-77-79-81-83-85-87-89-91-93-95-97-99-101-103-104-102-100-98-96-94-92-90-88-86-84-82-80-78-76-74-72-70-68-66-64-62-60-58-56-54-52-50-48-46-44-42-40-38-36-34-32-30-28-26-24-22-20-18-16-14-12-10-8-6-4-2/h(H2,1,4,5,8,9,12,13,16,17,20,21,24,25,28,29,32,33,36,37,40,41,44,45,48,49,52,53,56,57,60,61,64,65,68,69,72,73,76,77,80,81,84,85,88,89,92,93,96,97,100,101,104)(H2,2,3,6,7,10,11,14,15,18,19,22,23,26,27,30,31,34,35,38,39,42,43,46,47,50,51,54,55,58,59,62,63,66,67,70,71,74,75,78,79,82,83,86,87,90,91,94,95,98,99,102,103). The zero-order valence-corrected chi connectivity index (χ0v) is 46.8. The van der Waals surface area contributed by atoms with Crippen molar-refractivity contribution < 1.29 is 0 Å². The van der Waals surface area contributed by atoms with Crippen LogP contribution in [0.4, 0.5) is 0 Å². The predicted octanol–water partition coefficient (Wildman–Crippen LogP) is 17.5. The van der Waals surface area contributed by atoms with Crippen LogP contribution in [0.1, 0.15) is 0 Å². The van der Waals surface area contributed by atoms with Gasteiger partial charge >= 0.3 is 0 Å². The van der Waals surface area contributed by atoms with Gasteiger partial charge in [-0.2, -0.15) is 0 Å². The lowest BCUT2D eigenvalue weighted by Gasteiger charge is -1.71. The first-order valence-electron chi connectivity index (χ1n) is 20.7. The van der Waals surface area contributed by atoms with E-state index >= 15 is 0 Å². The molecule has 0 atom stereocenters. The zero-order valence-electron chi connectivity index (χ0n) is 46.8. The second kappa shape index (κ2) is 82.2. The fourth-order valence-electron chi connectivity index (χ4n) is 1.80. The van der Waals surface area contributed by atoms with Crippen LogP contribution in [0.5, 0.6) is 0 Å². The Morgan fingerprint density at radius 3 is 0.106 bits per heavy atom. The summed E-state index contributed by atoms with van der Waals surface area (Å²) in [5, 5.41) is 305. The third kappa shape index (κ3) is 81.2. The first-order chi connectivity index (χ1) is 51.9. The highest BCUT2D eigenvalue weighted by Gasteiger charge is 1.80. The first kappa shape index (κ1) is 83.2. The van der Waals surface area contributed by atoms with E-state index in [-0.39, 0.29) is 0 Å². The highest BCUT2D eigenvalue weighted by Crippen LogP contribution is 1.99. The number of hydrogen-bond acceptors (Lipinski definition) is 2. The molecule has 0 saturated heterocycles. The Bertz CT molecular complexity index is 3610. The molecule has 0 heterocycles. The lowest BCUT2D eigenvalue weighted by Crippen LogP contribution is -1.70. The number of nitrogens with two attached hydrogens (primary N) is 2. The van der Waals surface area contributed by atoms with E-state index < -0.39 is 0 Å². The summed E-state index contributed by atoms with van der Waals surface area (Å²) in [6.45, 7) is 0.